The Balaban J connectivity index is 2.55. The van der Waals surface area contributed by atoms with Gasteiger partial charge in [-0.1, -0.05) is 12.1 Å². The van der Waals surface area contributed by atoms with Crippen molar-refractivity contribution < 1.29 is 9.53 Å². The van der Waals surface area contributed by atoms with E-state index in [1.54, 1.807) is 0 Å². The van der Waals surface area contributed by atoms with Crippen LogP contribution in [0.25, 0.3) is 0 Å². The number of carbonyl (C=O) groups excluding carboxylic acids is 1. The summed E-state index contributed by atoms with van der Waals surface area (Å²) in [6.45, 7) is 0.521. The van der Waals surface area contributed by atoms with Gasteiger partial charge in [0.2, 0.25) is 0 Å². The normalized spacial score (nSPS) is 20.6. The molecule has 12 heavy (non-hydrogen) atoms. The number of hydrogen-bond acceptors (Lipinski definition) is 3. The molecule has 0 saturated heterocycles. The third kappa shape index (κ3) is 1.06. The fraction of sp³-hybridized carbons (Fsp3) is 0.222. The zero-order chi connectivity index (χ0) is 8.55. The van der Waals surface area contributed by atoms with Crippen molar-refractivity contribution >= 4 is 18.9 Å². The van der Waals surface area contributed by atoms with E-state index in [9.17, 15) is 4.79 Å². The van der Waals surface area contributed by atoms with Crippen LogP contribution in [0.4, 0.5) is 0 Å². The molecule has 1 aliphatic rings. The Morgan fingerprint density at radius 1 is 1.58 bits per heavy atom. The summed E-state index contributed by atoms with van der Waals surface area (Å²) in [6, 6.07) is 5.74. The Bertz CT molecular complexity index is 322. The van der Waals surface area contributed by atoms with Crippen LogP contribution >= 0.6 is 12.6 Å². The fourth-order valence-corrected chi connectivity index (χ4v) is 1.78. The molecule has 62 valence electrons. The second kappa shape index (κ2) is 2.92. The molecule has 0 aliphatic carbocycles. The Kier molecular flexibility index (Phi) is 1.90. The average molecular weight is 180 g/mol. The topological polar surface area (TPSA) is 26.3 Å². The summed E-state index contributed by atoms with van der Waals surface area (Å²) in [7, 11) is 0. The lowest BCUT2D eigenvalue weighted by molar-refractivity contribution is -0.117. The van der Waals surface area contributed by atoms with Crippen LogP contribution in [0.5, 0.6) is 0 Å². The van der Waals surface area contributed by atoms with Crippen LogP contribution in [-0.2, 0) is 16.1 Å². The molecule has 0 spiro atoms. The quantitative estimate of drug-likeness (QED) is 0.526. The maximum Gasteiger partial charge on any atom is 0.153 e. The van der Waals surface area contributed by atoms with Gasteiger partial charge in [0.15, 0.2) is 6.29 Å². The van der Waals surface area contributed by atoms with Crippen LogP contribution in [0.1, 0.15) is 17.2 Å². The molecular formula is C9H8O2S. The van der Waals surface area contributed by atoms with E-state index < -0.39 is 6.10 Å². The second-order valence-corrected chi connectivity index (χ2v) is 3.20. The summed E-state index contributed by atoms with van der Waals surface area (Å²) in [6.07, 6.45) is 0.402. The van der Waals surface area contributed by atoms with Crippen LogP contribution < -0.4 is 0 Å². The molecule has 1 heterocycles. The SMILES string of the molecule is O=CC1OCc2cccc(S)c21. The number of aldehydes is 1. The van der Waals surface area contributed by atoms with Crippen molar-refractivity contribution in [2.24, 2.45) is 0 Å². The molecule has 0 aromatic heterocycles. The molecule has 0 N–H and O–H groups in total. The second-order valence-electron chi connectivity index (χ2n) is 2.72. The average Bonchev–Trinajstić information content (AvgIpc) is 2.49. The van der Waals surface area contributed by atoms with E-state index in [2.05, 4.69) is 12.6 Å². The lowest BCUT2D eigenvalue weighted by Crippen LogP contribution is -1.97. The van der Waals surface area contributed by atoms with Crippen LogP contribution in [0, 0.1) is 0 Å². The summed E-state index contributed by atoms with van der Waals surface area (Å²) in [4.78, 5) is 11.4. The van der Waals surface area contributed by atoms with E-state index in [1.165, 1.54) is 0 Å². The van der Waals surface area contributed by atoms with Crippen LogP contribution in [0.2, 0.25) is 0 Å². The fourth-order valence-electron chi connectivity index (χ4n) is 1.42. The highest BCUT2D eigenvalue weighted by Crippen LogP contribution is 2.33. The van der Waals surface area contributed by atoms with Crippen LogP contribution in [0.3, 0.4) is 0 Å². The summed E-state index contributed by atoms with van der Waals surface area (Å²) in [5.41, 5.74) is 2.00. The number of rotatable bonds is 1. The van der Waals surface area contributed by atoms with Gasteiger partial charge < -0.3 is 9.53 Å². The number of ether oxygens (including phenoxy) is 1. The molecule has 1 atom stereocenters. The molecule has 2 rings (SSSR count). The van der Waals surface area contributed by atoms with Crippen LogP contribution in [-0.4, -0.2) is 6.29 Å². The van der Waals surface area contributed by atoms with Crippen molar-refractivity contribution in [3.8, 4) is 0 Å². The minimum Gasteiger partial charge on any atom is -0.361 e. The van der Waals surface area contributed by atoms with Gasteiger partial charge in [0, 0.05) is 10.5 Å². The molecular weight excluding hydrogens is 172 g/mol. The molecule has 0 fully saturated rings. The lowest BCUT2D eigenvalue weighted by atomic mass is 10.1. The third-order valence-electron chi connectivity index (χ3n) is 2.00. The number of benzene rings is 1. The molecule has 1 aromatic rings. The zero-order valence-electron chi connectivity index (χ0n) is 6.36. The minimum atomic E-state index is -0.409. The largest absolute Gasteiger partial charge is 0.361 e. The van der Waals surface area contributed by atoms with Crippen molar-refractivity contribution in [3.63, 3.8) is 0 Å². The first-order valence-electron chi connectivity index (χ1n) is 3.70. The van der Waals surface area contributed by atoms with Gasteiger partial charge in [0.1, 0.15) is 6.10 Å². The van der Waals surface area contributed by atoms with Crippen molar-refractivity contribution in [3.05, 3.63) is 29.3 Å². The maximum absolute atomic E-state index is 10.6. The first kappa shape index (κ1) is 7.83. The molecule has 1 unspecified atom stereocenters. The molecule has 1 aromatic carbocycles. The monoisotopic (exact) mass is 180 g/mol. The highest BCUT2D eigenvalue weighted by Gasteiger charge is 2.24. The van der Waals surface area contributed by atoms with Gasteiger partial charge >= 0.3 is 0 Å². The molecule has 1 aliphatic heterocycles. The van der Waals surface area contributed by atoms with E-state index >= 15 is 0 Å². The number of fused-ring (bicyclic) bond motifs is 1. The Morgan fingerprint density at radius 3 is 3.17 bits per heavy atom. The summed E-state index contributed by atoms with van der Waals surface area (Å²) in [5.74, 6) is 0. The molecule has 0 radical (unpaired) electrons. The number of hydrogen-bond donors (Lipinski definition) is 1. The van der Waals surface area contributed by atoms with Crippen molar-refractivity contribution in [1.29, 1.82) is 0 Å². The molecule has 0 bridgehead atoms. The van der Waals surface area contributed by atoms with E-state index in [0.29, 0.717) is 6.61 Å². The third-order valence-corrected chi connectivity index (χ3v) is 2.39. The first-order chi connectivity index (χ1) is 5.83. The molecule has 0 amide bonds. The highest BCUT2D eigenvalue weighted by atomic mass is 32.1. The van der Waals surface area contributed by atoms with E-state index in [-0.39, 0.29) is 0 Å². The minimum absolute atomic E-state index is 0.409. The Labute approximate surface area is 76.0 Å². The lowest BCUT2D eigenvalue weighted by Gasteiger charge is -2.04. The van der Waals surface area contributed by atoms with Gasteiger partial charge in [-0.15, -0.1) is 12.6 Å². The predicted octanol–water partition coefficient (Wildman–Crippen LogP) is 1.75. The van der Waals surface area contributed by atoms with Crippen molar-refractivity contribution in [2.45, 2.75) is 17.6 Å². The van der Waals surface area contributed by atoms with Crippen molar-refractivity contribution in [1.82, 2.24) is 0 Å². The van der Waals surface area contributed by atoms with E-state index in [1.807, 2.05) is 18.2 Å². The summed E-state index contributed by atoms with van der Waals surface area (Å²) < 4.78 is 5.24. The highest BCUT2D eigenvalue weighted by molar-refractivity contribution is 7.80. The molecule has 2 nitrogen and oxygen atoms in total. The van der Waals surface area contributed by atoms with Gasteiger partial charge in [-0.05, 0) is 11.6 Å². The summed E-state index contributed by atoms with van der Waals surface area (Å²) in [5, 5.41) is 0. The van der Waals surface area contributed by atoms with Gasteiger partial charge in [-0.25, -0.2) is 0 Å². The predicted molar refractivity (Wildman–Crippen MR) is 47.3 cm³/mol. The smallest absolute Gasteiger partial charge is 0.153 e. The van der Waals surface area contributed by atoms with Gasteiger partial charge in [0.25, 0.3) is 0 Å². The van der Waals surface area contributed by atoms with E-state index in [4.69, 9.17) is 4.74 Å². The molecule has 0 saturated carbocycles. The summed E-state index contributed by atoms with van der Waals surface area (Å²) >= 11 is 4.26. The van der Waals surface area contributed by atoms with Gasteiger partial charge in [0.05, 0.1) is 6.61 Å². The standard InChI is InChI=1S/C9H8O2S/c10-4-7-9-6(5-11-7)2-1-3-8(9)12/h1-4,7,12H,5H2. The first-order valence-corrected chi connectivity index (χ1v) is 4.15. The number of carbonyl (C=O) groups is 1. The van der Waals surface area contributed by atoms with E-state index in [0.717, 1.165) is 22.3 Å². The van der Waals surface area contributed by atoms with Crippen LogP contribution in [0.15, 0.2) is 23.1 Å². The van der Waals surface area contributed by atoms with Crippen molar-refractivity contribution in [2.75, 3.05) is 0 Å². The molecule has 3 heteroatoms. The Hall–Kier alpha value is -0.800. The zero-order valence-corrected chi connectivity index (χ0v) is 7.25. The maximum atomic E-state index is 10.6. The van der Waals surface area contributed by atoms with Gasteiger partial charge in [-0.2, -0.15) is 0 Å². The number of thiol groups is 1. The Morgan fingerprint density at radius 2 is 2.42 bits per heavy atom. The van der Waals surface area contributed by atoms with Gasteiger partial charge in [-0.3, -0.25) is 0 Å².